The maximum Gasteiger partial charge on any atom is 0.277 e. The highest BCUT2D eigenvalue weighted by Crippen LogP contribution is 2.44. The number of carbonyl (C=O) groups is 1. The number of carbonyl (C=O) groups excluding carboxylic acids is 1. The highest BCUT2D eigenvalue weighted by molar-refractivity contribution is 6.33. The van der Waals surface area contributed by atoms with E-state index in [4.69, 9.17) is 16.3 Å². The normalized spacial score (nSPS) is 16.9. The van der Waals surface area contributed by atoms with Crippen LogP contribution in [0.25, 0.3) is 11.1 Å². The van der Waals surface area contributed by atoms with Gasteiger partial charge in [0.2, 0.25) is 0 Å². The summed E-state index contributed by atoms with van der Waals surface area (Å²) in [5, 5.41) is 4.69. The van der Waals surface area contributed by atoms with Gasteiger partial charge in [0.15, 0.2) is 6.61 Å². The molecule has 0 bridgehead atoms. The van der Waals surface area contributed by atoms with Gasteiger partial charge in [0.25, 0.3) is 5.91 Å². The maximum atomic E-state index is 12.2. The minimum absolute atomic E-state index is 0.0706. The number of anilines is 1. The molecule has 0 fully saturated rings. The van der Waals surface area contributed by atoms with E-state index in [1.807, 2.05) is 48.5 Å². The Hall–Kier alpha value is -3.31. The summed E-state index contributed by atoms with van der Waals surface area (Å²) in [4.78, 5) is 14.5. The molecule has 0 aromatic heterocycles. The number of benzene rings is 3. The smallest absolute Gasteiger partial charge is 0.277 e. The molecule has 1 N–H and O–H groups in total. The van der Waals surface area contributed by atoms with Gasteiger partial charge < -0.3 is 9.64 Å². The molecule has 4 rings (SSSR count). The molecule has 5 nitrogen and oxygen atoms in total. The predicted octanol–water partition coefficient (Wildman–Crippen LogP) is 6.26. The molecular formula is C28H30ClN3O2. The number of rotatable bonds is 6. The van der Waals surface area contributed by atoms with E-state index in [1.165, 1.54) is 5.56 Å². The molecule has 176 valence electrons. The van der Waals surface area contributed by atoms with Crippen LogP contribution in [0.2, 0.25) is 5.02 Å². The highest BCUT2D eigenvalue weighted by Gasteiger charge is 2.34. The largest absolute Gasteiger partial charge is 0.484 e. The van der Waals surface area contributed by atoms with E-state index in [-0.39, 0.29) is 18.1 Å². The van der Waals surface area contributed by atoms with Crippen molar-refractivity contribution in [1.82, 2.24) is 5.43 Å². The molecule has 0 saturated carbocycles. The molecule has 1 aliphatic heterocycles. The van der Waals surface area contributed by atoms with Crippen molar-refractivity contribution in [2.75, 3.05) is 18.6 Å². The summed E-state index contributed by atoms with van der Waals surface area (Å²) in [6.07, 6.45) is 2.64. The summed E-state index contributed by atoms with van der Waals surface area (Å²) in [5.74, 6) is 0.687. The molecule has 6 heteroatoms. The van der Waals surface area contributed by atoms with E-state index < -0.39 is 0 Å². The number of nitrogens with one attached hydrogen (secondary N) is 1. The molecule has 1 aliphatic rings. The Labute approximate surface area is 206 Å². The number of hydrogen-bond acceptors (Lipinski definition) is 4. The van der Waals surface area contributed by atoms with E-state index in [1.54, 1.807) is 6.21 Å². The average molecular weight is 476 g/mol. The van der Waals surface area contributed by atoms with Crippen LogP contribution < -0.4 is 15.1 Å². The molecule has 3 aromatic rings. The van der Waals surface area contributed by atoms with Crippen molar-refractivity contribution in [2.45, 2.75) is 38.6 Å². The lowest BCUT2D eigenvalue weighted by molar-refractivity contribution is -0.123. The van der Waals surface area contributed by atoms with Gasteiger partial charge in [-0.15, -0.1) is 0 Å². The third-order valence-corrected chi connectivity index (χ3v) is 6.80. The first-order valence-corrected chi connectivity index (χ1v) is 11.8. The molecule has 0 saturated heterocycles. The number of ether oxygens (including phenoxy) is 1. The molecule has 0 radical (unpaired) electrons. The summed E-state index contributed by atoms with van der Waals surface area (Å²) in [5.41, 5.74) is 7.96. The number of halogens is 1. The Morgan fingerprint density at radius 3 is 2.53 bits per heavy atom. The standard InChI is InChI=1S/C28H30ClN3O2/c1-19-16-28(2,3)32(4)26-15-25(29)22(14-24(19)26)17-30-31-27(33)18-34-23-12-10-21(11-13-23)20-8-6-5-7-9-20/h5-15,17,19H,16,18H2,1-4H3,(H,31,33)/b30-17+. The first-order chi connectivity index (χ1) is 16.2. The van der Waals surface area contributed by atoms with Crippen LogP contribution in [0.3, 0.4) is 0 Å². The van der Waals surface area contributed by atoms with Crippen molar-refractivity contribution in [3.8, 4) is 16.9 Å². The number of fused-ring (bicyclic) bond motifs is 1. The minimum atomic E-state index is -0.340. The second-order valence-electron chi connectivity index (χ2n) is 9.38. The first kappa shape index (κ1) is 23.8. The van der Waals surface area contributed by atoms with Crippen molar-refractivity contribution < 1.29 is 9.53 Å². The SMILES string of the molecule is CC1CC(C)(C)N(C)c2cc(Cl)c(/C=N/NC(=O)COc3ccc(-c4ccccc4)cc3)cc21. The van der Waals surface area contributed by atoms with Gasteiger partial charge in [0.05, 0.1) is 11.2 Å². The summed E-state index contributed by atoms with van der Waals surface area (Å²) >= 11 is 6.53. The van der Waals surface area contributed by atoms with E-state index >= 15 is 0 Å². The third-order valence-electron chi connectivity index (χ3n) is 6.48. The Morgan fingerprint density at radius 2 is 1.82 bits per heavy atom. The van der Waals surface area contributed by atoms with Gasteiger partial charge in [-0.3, -0.25) is 4.79 Å². The first-order valence-electron chi connectivity index (χ1n) is 11.4. The fourth-order valence-electron chi connectivity index (χ4n) is 4.43. The Bertz CT molecular complexity index is 1190. The Balaban J connectivity index is 1.34. The average Bonchev–Trinajstić information content (AvgIpc) is 2.83. The van der Waals surface area contributed by atoms with Crippen LogP contribution in [0.5, 0.6) is 5.75 Å². The Kier molecular flexibility index (Phi) is 6.94. The molecular weight excluding hydrogens is 446 g/mol. The van der Waals surface area contributed by atoms with Gasteiger partial charge in [0.1, 0.15) is 5.75 Å². The zero-order valence-corrected chi connectivity index (χ0v) is 20.8. The van der Waals surface area contributed by atoms with Crippen LogP contribution in [-0.4, -0.2) is 31.3 Å². The summed E-state index contributed by atoms with van der Waals surface area (Å²) < 4.78 is 5.59. The number of hydrazone groups is 1. The zero-order valence-electron chi connectivity index (χ0n) is 20.0. The molecule has 1 heterocycles. The lowest BCUT2D eigenvalue weighted by Gasteiger charge is -2.45. The molecule has 0 aliphatic carbocycles. The van der Waals surface area contributed by atoms with E-state index in [0.29, 0.717) is 16.7 Å². The van der Waals surface area contributed by atoms with Gasteiger partial charge in [-0.1, -0.05) is 61.0 Å². The molecule has 1 unspecified atom stereocenters. The lowest BCUT2D eigenvalue weighted by atomic mass is 9.80. The molecule has 3 aromatic carbocycles. The molecule has 1 atom stereocenters. The van der Waals surface area contributed by atoms with Crippen LogP contribution in [0.4, 0.5) is 5.69 Å². The van der Waals surface area contributed by atoms with E-state index in [9.17, 15) is 4.79 Å². The van der Waals surface area contributed by atoms with Crippen molar-refractivity contribution in [1.29, 1.82) is 0 Å². The second kappa shape index (κ2) is 9.90. The van der Waals surface area contributed by atoms with Gasteiger partial charge in [-0.05, 0) is 67.1 Å². The van der Waals surface area contributed by atoms with Crippen LogP contribution in [0.15, 0.2) is 71.8 Å². The quantitative estimate of drug-likeness (QED) is 0.338. The number of nitrogens with zero attached hydrogens (tertiary/aromatic N) is 2. The summed E-state index contributed by atoms with van der Waals surface area (Å²) in [7, 11) is 2.10. The van der Waals surface area contributed by atoms with Crippen LogP contribution in [-0.2, 0) is 4.79 Å². The molecule has 0 spiro atoms. The molecule has 34 heavy (non-hydrogen) atoms. The van der Waals surface area contributed by atoms with Gasteiger partial charge in [0, 0.05) is 23.8 Å². The maximum absolute atomic E-state index is 12.2. The molecule has 1 amide bonds. The number of amides is 1. The highest BCUT2D eigenvalue weighted by atomic mass is 35.5. The van der Waals surface area contributed by atoms with Crippen LogP contribution >= 0.6 is 11.6 Å². The van der Waals surface area contributed by atoms with Gasteiger partial charge >= 0.3 is 0 Å². The second-order valence-corrected chi connectivity index (χ2v) is 9.79. The van der Waals surface area contributed by atoms with E-state index in [2.05, 4.69) is 61.4 Å². The Morgan fingerprint density at radius 1 is 1.15 bits per heavy atom. The lowest BCUT2D eigenvalue weighted by Crippen LogP contribution is -2.45. The number of hydrogen-bond donors (Lipinski definition) is 1. The monoisotopic (exact) mass is 475 g/mol. The van der Waals surface area contributed by atoms with Gasteiger partial charge in [-0.25, -0.2) is 5.43 Å². The van der Waals surface area contributed by atoms with Gasteiger partial charge in [-0.2, -0.15) is 5.10 Å². The van der Waals surface area contributed by atoms with Crippen LogP contribution in [0.1, 0.15) is 44.2 Å². The predicted molar refractivity (Wildman–Crippen MR) is 140 cm³/mol. The van der Waals surface area contributed by atoms with E-state index in [0.717, 1.165) is 28.8 Å². The summed E-state index contributed by atoms with van der Waals surface area (Å²) in [6.45, 7) is 6.58. The van der Waals surface area contributed by atoms with Crippen molar-refractivity contribution >= 4 is 29.4 Å². The van der Waals surface area contributed by atoms with Crippen molar-refractivity contribution in [2.24, 2.45) is 5.10 Å². The summed E-state index contributed by atoms with van der Waals surface area (Å²) in [6, 6.07) is 21.8. The van der Waals surface area contributed by atoms with Crippen molar-refractivity contribution in [3.63, 3.8) is 0 Å². The van der Waals surface area contributed by atoms with Crippen LogP contribution in [0, 0.1) is 0 Å². The fourth-order valence-corrected chi connectivity index (χ4v) is 4.64. The fraction of sp³-hybridized carbons (Fsp3) is 0.286. The van der Waals surface area contributed by atoms with Crippen molar-refractivity contribution in [3.05, 3.63) is 82.9 Å². The minimum Gasteiger partial charge on any atom is -0.484 e. The zero-order chi connectivity index (χ0) is 24.3. The third kappa shape index (κ3) is 5.26. The topological polar surface area (TPSA) is 53.9 Å².